The number of benzene rings is 2. The number of nitrogens with two attached hydrogens (primary N) is 1. The Hall–Kier alpha value is -2.04. The molecule has 0 saturated heterocycles. The van der Waals surface area contributed by atoms with Crippen molar-refractivity contribution >= 4 is 17.6 Å². The number of aliphatic carboxylic acids is 1. The van der Waals surface area contributed by atoms with E-state index in [1.807, 2.05) is 12.1 Å². The number of hydrogen-bond acceptors (Lipinski definition) is 3. The van der Waals surface area contributed by atoms with Gasteiger partial charge in [-0.15, -0.1) is 0 Å². The average Bonchev–Trinajstić information content (AvgIpc) is 2.41. The first-order chi connectivity index (χ1) is 9.56. The number of hydrogen-bond donors (Lipinski definition) is 2. The molecular formula is C15H14ClNO3. The van der Waals surface area contributed by atoms with E-state index in [0.717, 1.165) is 0 Å². The lowest BCUT2D eigenvalue weighted by molar-refractivity contribution is -0.137. The van der Waals surface area contributed by atoms with Crippen LogP contribution in [-0.2, 0) is 4.79 Å². The summed E-state index contributed by atoms with van der Waals surface area (Å²) < 4.78 is 5.67. The minimum absolute atomic E-state index is 0.129. The lowest BCUT2D eigenvalue weighted by atomic mass is 10.0. The molecule has 0 saturated carbocycles. The van der Waals surface area contributed by atoms with Crippen molar-refractivity contribution in [2.24, 2.45) is 5.73 Å². The van der Waals surface area contributed by atoms with E-state index in [4.69, 9.17) is 27.2 Å². The summed E-state index contributed by atoms with van der Waals surface area (Å²) in [7, 11) is 0. The van der Waals surface area contributed by atoms with Gasteiger partial charge < -0.3 is 15.6 Å². The van der Waals surface area contributed by atoms with Crippen molar-refractivity contribution < 1.29 is 14.6 Å². The summed E-state index contributed by atoms with van der Waals surface area (Å²) in [6.45, 7) is 0. The molecule has 0 heterocycles. The van der Waals surface area contributed by atoms with Crippen molar-refractivity contribution in [3.05, 3.63) is 59.1 Å². The summed E-state index contributed by atoms with van der Waals surface area (Å²) in [4.78, 5) is 10.7. The van der Waals surface area contributed by atoms with Crippen molar-refractivity contribution in [3.63, 3.8) is 0 Å². The van der Waals surface area contributed by atoms with Crippen LogP contribution in [0.1, 0.15) is 18.0 Å². The van der Waals surface area contributed by atoms with Crippen molar-refractivity contribution in [2.45, 2.75) is 12.5 Å². The van der Waals surface area contributed by atoms with Crippen LogP contribution < -0.4 is 10.5 Å². The quantitative estimate of drug-likeness (QED) is 0.882. The maximum Gasteiger partial charge on any atom is 0.305 e. The minimum atomic E-state index is -0.935. The van der Waals surface area contributed by atoms with Gasteiger partial charge in [-0.1, -0.05) is 35.9 Å². The number of para-hydroxylation sites is 1. The summed E-state index contributed by atoms with van der Waals surface area (Å²) in [6, 6.07) is 13.6. The molecule has 0 bridgehead atoms. The molecule has 3 N–H and O–H groups in total. The highest BCUT2D eigenvalue weighted by Gasteiger charge is 2.11. The van der Waals surface area contributed by atoms with Gasteiger partial charge in [0.2, 0.25) is 0 Å². The maximum absolute atomic E-state index is 10.7. The Morgan fingerprint density at radius 2 is 2.00 bits per heavy atom. The van der Waals surface area contributed by atoms with Crippen molar-refractivity contribution in [1.82, 2.24) is 0 Å². The zero-order valence-corrected chi connectivity index (χ0v) is 11.4. The predicted octanol–water partition coefficient (Wildman–Crippen LogP) is 3.61. The van der Waals surface area contributed by atoms with Gasteiger partial charge in [0, 0.05) is 6.04 Å². The third-order valence-electron chi connectivity index (χ3n) is 2.75. The van der Waals surface area contributed by atoms with Gasteiger partial charge in [0.15, 0.2) is 0 Å². The van der Waals surface area contributed by atoms with Crippen molar-refractivity contribution in [3.8, 4) is 11.5 Å². The Kier molecular flexibility index (Phi) is 4.61. The third kappa shape index (κ3) is 3.73. The van der Waals surface area contributed by atoms with Crippen LogP contribution in [0.4, 0.5) is 0 Å². The zero-order chi connectivity index (χ0) is 14.5. The molecule has 0 amide bonds. The molecule has 2 aromatic carbocycles. The second kappa shape index (κ2) is 6.41. The van der Waals surface area contributed by atoms with Crippen LogP contribution in [0, 0.1) is 0 Å². The molecule has 4 nitrogen and oxygen atoms in total. The fourth-order valence-electron chi connectivity index (χ4n) is 1.77. The molecule has 5 heteroatoms. The summed E-state index contributed by atoms with van der Waals surface area (Å²) in [6.07, 6.45) is -0.129. The van der Waals surface area contributed by atoms with E-state index < -0.39 is 12.0 Å². The monoisotopic (exact) mass is 291 g/mol. The smallest absolute Gasteiger partial charge is 0.305 e. The maximum atomic E-state index is 10.7. The topological polar surface area (TPSA) is 72.6 Å². The molecule has 2 aromatic rings. The van der Waals surface area contributed by atoms with E-state index >= 15 is 0 Å². The second-order valence-corrected chi connectivity index (χ2v) is 4.72. The number of ether oxygens (including phenoxy) is 1. The van der Waals surface area contributed by atoms with Crippen LogP contribution >= 0.6 is 11.6 Å². The van der Waals surface area contributed by atoms with Crippen molar-refractivity contribution in [2.75, 3.05) is 0 Å². The minimum Gasteiger partial charge on any atom is -0.481 e. The van der Waals surface area contributed by atoms with Crippen LogP contribution in [0.15, 0.2) is 48.5 Å². The van der Waals surface area contributed by atoms with E-state index in [2.05, 4.69) is 0 Å². The SMILES string of the molecule is NC(CC(=O)O)c1cccc(Oc2ccccc2Cl)c1. The summed E-state index contributed by atoms with van der Waals surface area (Å²) in [5.74, 6) is 0.171. The van der Waals surface area contributed by atoms with Gasteiger partial charge in [0.25, 0.3) is 0 Å². The molecule has 20 heavy (non-hydrogen) atoms. The summed E-state index contributed by atoms with van der Waals surface area (Å²) in [5.41, 5.74) is 6.53. The molecule has 0 aliphatic carbocycles. The Balaban J connectivity index is 2.18. The molecule has 2 rings (SSSR count). The lowest BCUT2D eigenvalue weighted by Crippen LogP contribution is -2.14. The molecule has 0 aromatic heterocycles. The zero-order valence-electron chi connectivity index (χ0n) is 10.6. The molecule has 0 fully saturated rings. The molecule has 1 atom stereocenters. The highest BCUT2D eigenvalue weighted by Crippen LogP contribution is 2.30. The van der Waals surface area contributed by atoms with Gasteiger partial charge in [0.1, 0.15) is 11.5 Å². The molecule has 0 aliphatic rings. The van der Waals surface area contributed by atoms with Gasteiger partial charge >= 0.3 is 5.97 Å². The van der Waals surface area contributed by atoms with E-state index in [1.54, 1.807) is 36.4 Å². The van der Waals surface area contributed by atoms with E-state index in [9.17, 15) is 4.79 Å². The molecule has 104 valence electrons. The van der Waals surface area contributed by atoms with E-state index in [0.29, 0.717) is 22.1 Å². The average molecular weight is 292 g/mol. The highest BCUT2D eigenvalue weighted by atomic mass is 35.5. The first-order valence-electron chi connectivity index (χ1n) is 6.06. The Labute approximate surface area is 121 Å². The highest BCUT2D eigenvalue weighted by molar-refractivity contribution is 6.32. The largest absolute Gasteiger partial charge is 0.481 e. The number of carboxylic acids is 1. The Bertz CT molecular complexity index is 616. The Morgan fingerprint density at radius 3 is 2.70 bits per heavy atom. The van der Waals surface area contributed by atoms with Crippen LogP contribution in [0.2, 0.25) is 5.02 Å². The predicted molar refractivity (Wildman–Crippen MR) is 77.1 cm³/mol. The number of halogens is 1. The van der Waals surface area contributed by atoms with E-state index in [-0.39, 0.29) is 6.42 Å². The number of carbonyl (C=O) groups is 1. The van der Waals surface area contributed by atoms with Crippen LogP contribution in [0.3, 0.4) is 0 Å². The normalized spacial score (nSPS) is 11.9. The van der Waals surface area contributed by atoms with Gasteiger partial charge in [-0.2, -0.15) is 0 Å². The summed E-state index contributed by atoms with van der Waals surface area (Å²) in [5, 5.41) is 9.26. The van der Waals surface area contributed by atoms with Gasteiger partial charge in [0.05, 0.1) is 11.4 Å². The standard InChI is InChI=1S/C15H14ClNO3/c16-12-6-1-2-7-14(12)20-11-5-3-4-10(8-11)13(17)9-15(18)19/h1-8,13H,9,17H2,(H,18,19). The van der Waals surface area contributed by atoms with E-state index in [1.165, 1.54) is 0 Å². The van der Waals surface area contributed by atoms with Crippen LogP contribution in [-0.4, -0.2) is 11.1 Å². The molecular weight excluding hydrogens is 278 g/mol. The lowest BCUT2D eigenvalue weighted by Gasteiger charge is -2.12. The second-order valence-electron chi connectivity index (χ2n) is 4.31. The van der Waals surface area contributed by atoms with Crippen LogP contribution in [0.5, 0.6) is 11.5 Å². The molecule has 0 radical (unpaired) electrons. The number of rotatable bonds is 5. The fraction of sp³-hybridized carbons (Fsp3) is 0.133. The molecule has 0 spiro atoms. The first kappa shape index (κ1) is 14.4. The number of carboxylic acid groups (broad SMARTS) is 1. The van der Waals surface area contributed by atoms with Gasteiger partial charge in [-0.25, -0.2) is 0 Å². The third-order valence-corrected chi connectivity index (χ3v) is 3.06. The summed E-state index contributed by atoms with van der Waals surface area (Å²) >= 11 is 6.02. The first-order valence-corrected chi connectivity index (χ1v) is 6.44. The van der Waals surface area contributed by atoms with Crippen LogP contribution in [0.25, 0.3) is 0 Å². The van der Waals surface area contributed by atoms with Gasteiger partial charge in [-0.3, -0.25) is 4.79 Å². The van der Waals surface area contributed by atoms with Crippen molar-refractivity contribution in [1.29, 1.82) is 0 Å². The fourth-order valence-corrected chi connectivity index (χ4v) is 1.94. The molecule has 0 aliphatic heterocycles. The Morgan fingerprint density at radius 1 is 1.25 bits per heavy atom. The molecule has 1 unspecified atom stereocenters. The van der Waals surface area contributed by atoms with Gasteiger partial charge in [-0.05, 0) is 29.8 Å².